The molecule has 27 heavy (non-hydrogen) atoms. The second-order valence-corrected chi connectivity index (χ2v) is 6.18. The molecule has 1 atom stereocenters. The molecule has 0 saturated heterocycles. The van der Waals surface area contributed by atoms with Crippen LogP contribution in [0.1, 0.15) is 23.6 Å². The van der Waals surface area contributed by atoms with Crippen molar-refractivity contribution in [2.45, 2.75) is 32.2 Å². The fourth-order valence-corrected chi connectivity index (χ4v) is 2.51. The summed E-state index contributed by atoms with van der Waals surface area (Å²) in [5.41, 5.74) is 0.535. The first-order valence-electron chi connectivity index (χ1n) is 8.31. The Hall–Kier alpha value is -2.83. The molecule has 2 aromatic rings. The molecule has 4 nitrogen and oxygen atoms in total. The molecule has 0 N–H and O–H groups in total. The Balaban J connectivity index is 1.88. The zero-order chi connectivity index (χ0) is 20.0. The molecule has 0 spiro atoms. The third-order valence-electron chi connectivity index (χ3n) is 3.92. The van der Waals surface area contributed by atoms with Crippen LogP contribution in [0.4, 0.5) is 13.2 Å². The minimum absolute atomic E-state index is 0.210. The Morgan fingerprint density at radius 2 is 1.59 bits per heavy atom. The number of carbonyl (C=O) groups excluding carboxylic acids is 2. The van der Waals surface area contributed by atoms with Crippen LogP contribution in [0.3, 0.4) is 0 Å². The molecule has 7 heteroatoms. The minimum Gasteiger partial charge on any atom is -0.452 e. The van der Waals surface area contributed by atoms with E-state index in [0.717, 1.165) is 17.7 Å². The van der Waals surface area contributed by atoms with Gasteiger partial charge in [0.2, 0.25) is 0 Å². The highest BCUT2D eigenvalue weighted by Gasteiger charge is 2.30. The normalized spacial score (nSPS) is 12.3. The van der Waals surface area contributed by atoms with Gasteiger partial charge in [0.1, 0.15) is 0 Å². The average Bonchev–Trinajstić information content (AvgIpc) is 2.61. The van der Waals surface area contributed by atoms with Crippen molar-refractivity contribution < 1.29 is 27.5 Å². The van der Waals surface area contributed by atoms with Gasteiger partial charge in [-0.2, -0.15) is 13.2 Å². The molecule has 2 rings (SSSR count). The summed E-state index contributed by atoms with van der Waals surface area (Å²) in [5, 5.41) is 0. The number of rotatable bonds is 6. The van der Waals surface area contributed by atoms with Crippen LogP contribution in [0.25, 0.3) is 0 Å². The third-order valence-corrected chi connectivity index (χ3v) is 3.92. The van der Waals surface area contributed by atoms with Gasteiger partial charge in [-0.25, -0.2) is 0 Å². The third kappa shape index (κ3) is 6.13. The maximum atomic E-state index is 12.5. The van der Waals surface area contributed by atoms with E-state index in [-0.39, 0.29) is 12.3 Å². The van der Waals surface area contributed by atoms with Gasteiger partial charge in [0.05, 0.1) is 12.0 Å². The first kappa shape index (κ1) is 20.5. The predicted octanol–water partition coefficient (Wildman–Crippen LogP) is 3.84. The number of nitrogens with zero attached hydrogens (tertiary/aromatic N) is 1. The topological polar surface area (TPSA) is 46.6 Å². The summed E-state index contributed by atoms with van der Waals surface area (Å²) < 4.78 is 42.7. The molecule has 2 aromatic carbocycles. The van der Waals surface area contributed by atoms with E-state index in [9.17, 15) is 22.8 Å². The quantitative estimate of drug-likeness (QED) is 0.717. The SMILES string of the molecule is CC(OC(=O)Cc1ccc(C(F)(F)F)cc1)C(=O)N(C)Cc1ccccc1. The lowest BCUT2D eigenvalue weighted by atomic mass is 10.1. The Labute approximate surface area is 155 Å². The molecule has 0 aliphatic carbocycles. The number of hydrogen-bond acceptors (Lipinski definition) is 3. The lowest BCUT2D eigenvalue weighted by Gasteiger charge is -2.21. The van der Waals surface area contributed by atoms with Crippen molar-refractivity contribution in [3.05, 3.63) is 71.3 Å². The second kappa shape index (κ2) is 8.70. The molecular formula is C20H20F3NO3. The van der Waals surface area contributed by atoms with E-state index >= 15 is 0 Å². The minimum atomic E-state index is -4.43. The molecule has 0 aliphatic heterocycles. The maximum absolute atomic E-state index is 12.5. The van der Waals surface area contributed by atoms with Gasteiger partial charge in [0.25, 0.3) is 5.91 Å². The van der Waals surface area contributed by atoms with Crippen LogP contribution in [-0.4, -0.2) is 29.9 Å². The fourth-order valence-electron chi connectivity index (χ4n) is 2.51. The number of ether oxygens (including phenoxy) is 1. The standard InChI is InChI=1S/C20H20F3NO3/c1-14(19(26)24(2)13-16-6-4-3-5-7-16)27-18(25)12-15-8-10-17(11-9-15)20(21,22)23/h3-11,14H,12-13H2,1-2H3. The highest BCUT2D eigenvalue weighted by molar-refractivity contribution is 5.83. The number of alkyl halides is 3. The van der Waals surface area contributed by atoms with Crippen molar-refractivity contribution in [2.24, 2.45) is 0 Å². The first-order chi connectivity index (χ1) is 12.7. The van der Waals surface area contributed by atoms with Crippen LogP contribution in [0.2, 0.25) is 0 Å². The summed E-state index contributed by atoms with van der Waals surface area (Å²) in [6.07, 6.45) is -5.62. The highest BCUT2D eigenvalue weighted by atomic mass is 19.4. The van der Waals surface area contributed by atoms with Crippen molar-refractivity contribution in [2.75, 3.05) is 7.05 Å². The van der Waals surface area contributed by atoms with Crippen molar-refractivity contribution >= 4 is 11.9 Å². The number of esters is 1. The van der Waals surface area contributed by atoms with Gasteiger partial charge in [-0.1, -0.05) is 42.5 Å². The van der Waals surface area contributed by atoms with Gasteiger partial charge in [-0.15, -0.1) is 0 Å². The van der Waals surface area contributed by atoms with Crippen LogP contribution >= 0.6 is 0 Å². The zero-order valence-corrected chi connectivity index (χ0v) is 15.0. The summed E-state index contributed by atoms with van der Waals surface area (Å²) in [5.74, 6) is -1.04. The second-order valence-electron chi connectivity index (χ2n) is 6.18. The van der Waals surface area contributed by atoms with E-state index in [2.05, 4.69) is 0 Å². The lowest BCUT2D eigenvalue weighted by Crippen LogP contribution is -2.37. The number of amides is 1. The number of likely N-dealkylation sites (N-methyl/N-ethyl adjacent to an activating group) is 1. The molecule has 0 fully saturated rings. The number of benzene rings is 2. The Morgan fingerprint density at radius 3 is 2.15 bits per heavy atom. The van der Waals surface area contributed by atoms with Crippen LogP contribution < -0.4 is 0 Å². The van der Waals surface area contributed by atoms with Crippen molar-refractivity contribution in [1.29, 1.82) is 0 Å². The molecule has 0 radical (unpaired) electrons. The van der Waals surface area contributed by atoms with E-state index < -0.39 is 23.8 Å². The van der Waals surface area contributed by atoms with E-state index in [1.807, 2.05) is 30.3 Å². The lowest BCUT2D eigenvalue weighted by molar-refractivity contribution is -0.158. The van der Waals surface area contributed by atoms with Crippen LogP contribution in [0.5, 0.6) is 0 Å². The number of halogens is 3. The number of carbonyl (C=O) groups is 2. The van der Waals surface area contributed by atoms with E-state index in [4.69, 9.17) is 4.74 Å². The molecule has 0 bridgehead atoms. The molecule has 1 amide bonds. The molecule has 1 unspecified atom stereocenters. The molecule has 0 aromatic heterocycles. The molecular weight excluding hydrogens is 359 g/mol. The monoisotopic (exact) mass is 379 g/mol. The van der Waals surface area contributed by atoms with Crippen molar-refractivity contribution in [3.8, 4) is 0 Å². The zero-order valence-electron chi connectivity index (χ0n) is 15.0. The average molecular weight is 379 g/mol. The molecule has 0 saturated carbocycles. The van der Waals surface area contributed by atoms with Gasteiger partial charge in [0, 0.05) is 13.6 Å². The Kier molecular flexibility index (Phi) is 6.60. The summed E-state index contributed by atoms with van der Waals surface area (Å²) in [6, 6.07) is 13.6. The summed E-state index contributed by atoms with van der Waals surface area (Å²) in [6.45, 7) is 1.84. The van der Waals surface area contributed by atoms with Gasteiger partial charge < -0.3 is 9.64 Å². The summed E-state index contributed by atoms with van der Waals surface area (Å²) >= 11 is 0. The van der Waals surface area contributed by atoms with Crippen LogP contribution in [0.15, 0.2) is 54.6 Å². The Bertz CT molecular complexity index is 773. The van der Waals surface area contributed by atoms with E-state index in [0.29, 0.717) is 12.1 Å². The first-order valence-corrected chi connectivity index (χ1v) is 8.31. The Morgan fingerprint density at radius 1 is 1.00 bits per heavy atom. The van der Waals surface area contributed by atoms with Crippen molar-refractivity contribution in [3.63, 3.8) is 0 Å². The van der Waals surface area contributed by atoms with Gasteiger partial charge >= 0.3 is 12.1 Å². The molecule has 0 heterocycles. The predicted molar refractivity (Wildman–Crippen MR) is 93.6 cm³/mol. The van der Waals surface area contributed by atoms with Gasteiger partial charge in [0.15, 0.2) is 6.10 Å². The molecule has 0 aliphatic rings. The highest BCUT2D eigenvalue weighted by Crippen LogP contribution is 2.29. The molecule has 144 valence electrons. The van der Waals surface area contributed by atoms with Gasteiger partial charge in [-0.05, 0) is 30.2 Å². The fraction of sp³-hybridized carbons (Fsp3) is 0.300. The summed E-state index contributed by atoms with van der Waals surface area (Å²) in [7, 11) is 1.61. The van der Waals surface area contributed by atoms with Gasteiger partial charge in [-0.3, -0.25) is 9.59 Å². The maximum Gasteiger partial charge on any atom is 0.416 e. The smallest absolute Gasteiger partial charge is 0.416 e. The van der Waals surface area contributed by atoms with E-state index in [1.54, 1.807) is 7.05 Å². The largest absolute Gasteiger partial charge is 0.452 e. The van der Waals surface area contributed by atoms with Crippen molar-refractivity contribution in [1.82, 2.24) is 4.90 Å². The summed E-state index contributed by atoms with van der Waals surface area (Å²) in [4.78, 5) is 25.7. The van der Waals surface area contributed by atoms with Crippen LogP contribution in [-0.2, 0) is 33.5 Å². The van der Waals surface area contributed by atoms with E-state index in [1.165, 1.54) is 24.0 Å². The van der Waals surface area contributed by atoms with Crippen LogP contribution in [0, 0.1) is 0 Å². The number of hydrogen-bond donors (Lipinski definition) is 0.